The molecule has 6 heteroatoms. The predicted octanol–water partition coefficient (Wildman–Crippen LogP) is -0.316. The molecule has 0 saturated carbocycles. The van der Waals surface area contributed by atoms with Gasteiger partial charge in [0, 0.05) is 6.54 Å². The number of carboxylic acids is 1. The Hall–Kier alpha value is -0.620. The highest BCUT2D eigenvalue weighted by atomic mass is 32.2. The summed E-state index contributed by atoms with van der Waals surface area (Å²) in [7, 11) is 0.305. The van der Waals surface area contributed by atoms with Crippen LogP contribution < -0.4 is 0 Å². The van der Waals surface area contributed by atoms with E-state index in [1.807, 2.05) is 0 Å². The third kappa shape index (κ3) is 5.93. The molecule has 0 radical (unpaired) electrons. The van der Waals surface area contributed by atoms with Crippen molar-refractivity contribution in [2.24, 2.45) is 5.92 Å². The molecule has 1 unspecified atom stereocenters. The number of aliphatic carboxylic acids is 1. The molecule has 84 valence electrons. The lowest BCUT2D eigenvalue weighted by molar-refractivity contribution is -0.140. The number of hydrogen-bond acceptors (Lipinski definition) is 4. The maximum absolute atomic E-state index is 11.4. The second kappa shape index (κ2) is 5.31. The van der Waals surface area contributed by atoms with Gasteiger partial charge >= 0.3 is 5.97 Å². The Bertz CT molecular complexity index is 284. The van der Waals surface area contributed by atoms with Gasteiger partial charge in [0.25, 0.3) is 0 Å². The van der Waals surface area contributed by atoms with E-state index in [0.717, 1.165) is 0 Å². The minimum atomic E-state index is -3.24. The van der Waals surface area contributed by atoms with Crippen LogP contribution in [0, 0.1) is 5.92 Å². The normalized spacial score (nSPS) is 14.3. The second-order valence-corrected chi connectivity index (χ2v) is 5.89. The van der Waals surface area contributed by atoms with Crippen molar-refractivity contribution in [1.29, 1.82) is 0 Å². The van der Waals surface area contributed by atoms with Crippen LogP contribution in [0.25, 0.3) is 0 Å². The van der Waals surface area contributed by atoms with Gasteiger partial charge in [0.1, 0.15) is 0 Å². The molecule has 0 spiro atoms. The second-order valence-electron chi connectivity index (χ2n) is 3.66. The zero-order valence-electron chi connectivity index (χ0n) is 8.73. The van der Waals surface area contributed by atoms with Crippen molar-refractivity contribution in [2.75, 3.05) is 32.1 Å². The average molecular weight is 223 g/mol. The molecule has 0 saturated heterocycles. The van der Waals surface area contributed by atoms with Gasteiger partial charge in [-0.3, -0.25) is 4.79 Å². The molecule has 0 aliphatic rings. The average Bonchev–Trinajstić information content (AvgIpc) is 2.00. The van der Waals surface area contributed by atoms with E-state index in [4.69, 9.17) is 5.11 Å². The van der Waals surface area contributed by atoms with Crippen molar-refractivity contribution in [2.45, 2.75) is 6.92 Å². The molecule has 0 aromatic carbocycles. The molecule has 14 heavy (non-hydrogen) atoms. The standard InChI is InChI=1S/C8H17NO4S/c1-7(8(10)11)6-14(12,13)5-4-9(2)3/h7H,4-6H2,1-3H3,(H,10,11). The molecular formula is C8H17NO4S. The molecule has 0 aliphatic carbocycles. The minimum absolute atomic E-state index is 0.0115. The smallest absolute Gasteiger partial charge is 0.307 e. The first-order chi connectivity index (χ1) is 6.24. The quantitative estimate of drug-likeness (QED) is 0.668. The summed E-state index contributed by atoms with van der Waals surface area (Å²) < 4.78 is 22.7. The summed E-state index contributed by atoms with van der Waals surface area (Å²) in [6.07, 6.45) is 0. The van der Waals surface area contributed by atoms with Crippen LogP contribution in [0.4, 0.5) is 0 Å². The summed E-state index contributed by atoms with van der Waals surface area (Å²) in [6, 6.07) is 0. The van der Waals surface area contributed by atoms with E-state index in [1.165, 1.54) is 6.92 Å². The number of hydrogen-bond donors (Lipinski definition) is 1. The summed E-state index contributed by atoms with van der Waals surface area (Å²) in [6.45, 7) is 1.82. The van der Waals surface area contributed by atoms with Crippen molar-refractivity contribution in [3.8, 4) is 0 Å². The van der Waals surface area contributed by atoms with Gasteiger partial charge in [-0.15, -0.1) is 0 Å². The fraction of sp³-hybridized carbons (Fsp3) is 0.875. The molecule has 0 aromatic rings. The Morgan fingerprint density at radius 2 is 1.93 bits per heavy atom. The highest BCUT2D eigenvalue weighted by molar-refractivity contribution is 7.91. The Kier molecular flexibility index (Phi) is 5.07. The van der Waals surface area contributed by atoms with Gasteiger partial charge in [-0.25, -0.2) is 8.42 Å². The molecule has 0 heterocycles. The van der Waals surface area contributed by atoms with Crippen LogP contribution in [-0.2, 0) is 14.6 Å². The van der Waals surface area contributed by atoms with Crippen LogP contribution in [0.2, 0.25) is 0 Å². The van der Waals surface area contributed by atoms with Crippen LogP contribution in [0.5, 0.6) is 0 Å². The summed E-state index contributed by atoms with van der Waals surface area (Å²) >= 11 is 0. The summed E-state index contributed by atoms with van der Waals surface area (Å²) in [5, 5.41) is 8.55. The molecule has 5 nitrogen and oxygen atoms in total. The van der Waals surface area contributed by atoms with Crippen molar-refractivity contribution in [3.63, 3.8) is 0 Å². The summed E-state index contributed by atoms with van der Waals surface area (Å²) in [5.74, 6) is -2.17. The van der Waals surface area contributed by atoms with E-state index < -0.39 is 21.7 Å². The lowest BCUT2D eigenvalue weighted by Gasteiger charge is -2.11. The number of carbonyl (C=O) groups is 1. The van der Waals surface area contributed by atoms with E-state index in [-0.39, 0.29) is 11.5 Å². The monoisotopic (exact) mass is 223 g/mol. The summed E-state index contributed by atoms with van der Waals surface area (Å²) in [5.41, 5.74) is 0. The van der Waals surface area contributed by atoms with E-state index in [1.54, 1.807) is 19.0 Å². The van der Waals surface area contributed by atoms with Crippen molar-refractivity contribution < 1.29 is 18.3 Å². The molecular weight excluding hydrogens is 206 g/mol. The van der Waals surface area contributed by atoms with Gasteiger partial charge in [0.05, 0.1) is 17.4 Å². The highest BCUT2D eigenvalue weighted by Crippen LogP contribution is 2.02. The largest absolute Gasteiger partial charge is 0.481 e. The van der Waals surface area contributed by atoms with Gasteiger partial charge in [-0.2, -0.15) is 0 Å². The molecule has 0 bridgehead atoms. The third-order valence-electron chi connectivity index (χ3n) is 1.78. The van der Waals surface area contributed by atoms with Gasteiger partial charge in [-0.05, 0) is 14.1 Å². The first-order valence-electron chi connectivity index (χ1n) is 4.32. The molecule has 0 amide bonds. The Morgan fingerprint density at radius 1 is 1.43 bits per heavy atom. The van der Waals surface area contributed by atoms with Crippen LogP contribution in [0.1, 0.15) is 6.92 Å². The fourth-order valence-electron chi connectivity index (χ4n) is 0.857. The zero-order valence-corrected chi connectivity index (χ0v) is 9.54. The topological polar surface area (TPSA) is 74.7 Å². The van der Waals surface area contributed by atoms with Crippen molar-refractivity contribution >= 4 is 15.8 Å². The highest BCUT2D eigenvalue weighted by Gasteiger charge is 2.20. The molecule has 0 rings (SSSR count). The lowest BCUT2D eigenvalue weighted by Crippen LogP contribution is -2.28. The van der Waals surface area contributed by atoms with Crippen LogP contribution >= 0.6 is 0 Å². The number of nitrogens with zero attached hydrogens (tertiary/aromatic N) is 1. The van der Waals surface area contributed by atoms with Gasteiger partial charge in [0.2, 0.25) is 0 Å². The number of sulfone groups is 1. The van der Waals surface area contributed by atoms with E-state index in [2.05, 4.69) is 0 Å². The minimum Gasteiger partial charge on any atom is -0.481 e. The van der Waals surface area contributed by atoms with Crippen molar-refractivity contribution in [1.82, 2.24) is 4.90 Å². The first kappa shape index (κ1) is 13.4. The van der Waals surface area contributed by atoms with Gasteiger partial charge in [0.15, 0.2) is 9.84 Å². The molecule has 1 N–H and O–H groups in total. The Morgan fingerprint density at radius 3 is 2.29 bits per heavy atom. The summed E-state index contributed by atoms with van der Waals surface area (Å²) in [4.78, 5) is 12.2. The number of rotatable bonds is 6. The SMILES string of the molecule is CC(CS(=O)(=O)CCN(C)C)C(=O)O. The van der Waals surface area contributed by atoms with E-state index in [0.29, 0.717) is 6.54 Å². The predicted molar refractivity (Wildman–Crippen MR) is 54.0 cm³/mol. The number of carboxylic acid groups (broad SMARTS) is 1. The van der Waals surface area contributed by atoms with Crippen LogP contribution in [0.15, 0.2) is 0 Å². The van der Waals surface area contributed by atoms with Crippen molar-refractivity contribution in [3.05, 3.63) is 0 Å². The molecule has 0 fully saturated rings. The van der Waals surface area contributed by atoms with E-state index >= 15 is 0 Å². The fourth-order valence-corrected chi connectivity index (χ4v) is 2.57. The first-order valence-corrected chi connectivity index (χ1v) is 6.14. The lowest BCUT2D eigenvalue weighted by atomic mass is 10.2. The maximum Gasteiger partial charge on any atom is 0.307 e. The molecule has 0 aromatic heterocycles. The van der Waals surface area contributed by atoms with Crippen LogP contribution in [-0.4, -0.2) is 56.5 Å². The zero-order chi connectivity index (χ0) is 11.4. The molecule has 1 atom stereocenters. The van der Waals surface area contributed by atoms with Crippen LogP contribution in [0.3, 0.4) is 0 Å². The Balaban J connectivity index is 4.15. The van der Waals surface area contributed by atoms with Gasteiger partial charge in [-0.1, -0.05) is 6.92 Å². The van der Waals surface area contributed by atoms with E-state index in [9.17, 15) is 13.2 Å². The molecule has 0 aliphatic heterocycles. The Labute approximate surface area is 84.6 Å². The van der Waals surface area contributed by atoms with Gasteiger partial charge < -0.3 is 10.0 Å². The maximum atomic E-state index is 11.4. The third-order valence-corrected chi connectivity index (χ3v) is 3.59.